The maximum atomic E-state index is 12.6. The lowest BCUT2D eigenvalue weighted by Crippen LogP contribution is -2.45. The van der Waals surface area contributed by atoms with Crippen molar-refractivity contribution in [3.8, 4) is 0 Å². The molecule has 27 heavy (non-hydrogen) atoms. The van der Waals surface area contributed by atoms with Gasteiger partial charge in [0.25, 0.3) is 0 Å². The van der Waals surface area contributed by atoms with Crippen LogP contribution in [-0.2, 0) is 9.59 Å². The maximum absolute atomic E-state index is 12.6. The van der Waals surface area contributed by atoms with Crippen molar-refractivity contribution in [3.63, 3.8) is 0 Å². The van der Waals surface area contributed by atoms with Gasteiger partial charge < -0.3 is 10.2 Å². The van der Waals surface area contributed by atoms with Crippen LogP contribution in [-0.4, -0.2) is 54.3 Å². The molecule has 2 aliphatic rings. The number of carbonyl (C=O) groups excluding carboxylic acids is 2. The first kappa shape index (κ1) is 19.9. The average Bonchev–Trinajstić information content (AvgIpc) is 2.69. The van der Waals surface area contributed by atoms with Gasteiger partial charge in [-0.3, -0.25) is 14.5 Å². The van der Waals surface area contributed by atoms with Gasteiger partial charge in [-0.1, -0.05) is 26.0 Å². The molecule has 1 aromatic carbocycles. The Labute approximate surface area is 163 Å². The second-order valence-corrected chi connectivity index (χ2v) is 8.26. The summed E-state index contributed by atoms with van der Waals surface area (Å²) >= 11 is 0. The Hall–Kier alpha value is -1.88. The Morgan fingerprint density at radius 2 is 1.78 bits per heavy atom. The van der Waals surface area contributed by atoms with Crippen molar-refractivity contribution in [3.05, 3.63) is 29.8 Å². The van der Waals surface area contributed by atoms with Crippen molar-refractivity contribution in [2.75, 3.05) is 38.0 Å². The summed E-state index contributed by atoms with van der Waals surface area (Å²) in [6, 6.07) is 8.06. The molecule has 0 atom stereocenters. The van der Waals surface area contributed by atoms with Gasteiger partial charge in [-0.25, -0.2) is 0 Å². The van der Waals surface area contributed by atoms with E-state index in [0.717, 1.165) is 57.5 Å². The highest BCUT2D eigenvalue weighted by molar-refractivity contribution is 5.92. The molecule has 0 aliphatic carbocycles. The van der Waals surface area contributed by atoms with E-state index in [1.165, 1.54) is 12.0 Å². The normalized spacial score (nSPS) is 19.3. The molecule has 1 aromatic rings. The van der Waals surface area contributed by atoms with Gasteiger partial charge in [0.1, 0.15) is 0 Å². The number of hydrogen-bond acceptors (Lipinski definition) is 3. The fourth-order valence-corrected chi connectivity index (χ4v) is 4.09. The number of amides is 2. The smallest absolute Gasteiger partial charge is 0.238 e. The lowest BCUT2D eigenvalue weighted by molar-refractivity contribution is -0.138. The number of rotatable bonds is 5. The zero-order valence-electron chi connectivity index (χ0n) is 16.7. The molecule has 3 rings (SSSR count). The molecule has 0 spiro atoms. The molecule has 148 valence electrons. The maximum Gasteiger partial charge on any atom is 0.238 e. The van der Waals surface area contributed by atoms with Crippen LogP contribution in [0, 0.1) is 5.92 Å². The molecule has 2 amide bonds. The van der Waals surface area contributed by atoms with Crippen LogP contribution >= 0.6 is 0 Å². The average molecular weight is 372 g/mol. The molecule has 0 saturated carbocycles. The molecule has 0 bridgehead atoms. The van der Waals surface area contributed by atoms with Gasteiger partial charge >= 0.3 is 0 Å². The highest BCUT2D eigenvalue weighted by Crippen LogP contribution is 2.22. The van der Waals surface area contributed by atoms with E-state index < -0.39 is 0 Å². The van der Waals surface area contributed by atoms with E-state index in [2.05, 4.69) is 35.0 Å². The lowest BCUT2D eigenvalue weighted by Gasteiger charge is -2.35. The van der Waals surface area contributed by atoms with Gasteiger partial charge in [0.15, 0.2) is 0 Å². The standard InChI is InChI=1S/C22H33N3O2/c1-17(2)19-7-6-8-20(15-19)23-21(26)16-24-13-9-18(10-14-24)22(27)25-11-4-3-5-12-25/h6-8,15,17-18H,3-5,9-14,16H2,1-2H3,(H,23,26). The van der Waals surface area contributed by atoms with Crippen molar-refractivity contribution < 1.29 is 9.59 Å². The first-order chi connectivity index (χ1) is 13.0. The molecular formula is C22H33N3O2. The molecule has 2 saturated heterocycles. The number of carbonyl (C=O) groups is 2. The third kappa shape index (κ3) is 5.55. The van der Waals surface area contributed by atoms with Gasteiger partial charge in [-0.2, -0.15) is 0 Å². The predicted octanol–water partition coefficient (Wildman–Crippen LogP) is 3.47. The van der Waals surface area contributed by atoms with Crippen molar-refractivity contribution in [2.45, 2.75) is 51.9 Å². The van der Waals surface area contributed by atoms with Crippen molar-refractivity contribution in [1.29, 1.82) is 0 Å². The van der Waals surface area contributed by atoms with Crippen LogP contribution in [0.25, 0.3) is 0 Å². The molecule has 0 aromatic heterocycles. The second-order valence-electron chi connectivity index (χ2n) is 8.26. The van der Waals surface area contributed by atoms with E-state index in [-0.39, 0.29) is 11.8 Å². The van der Waals surface area contributed by atoms with E-state index in [1.807, 2.05) is 18.2 Å². The Bertz CT molecular complexity index is 645. The van der Waals surface area contributed by atoms with Crippen molar-refractivity contribution in [1.82, 2.24) is 9.80 Å². The largest absolute Gasteiger partial charge is 0.342 e. The minimum Gasteiger partial charge on any atom is -0.342 e. The minimum absolute atomic E-state index is 0.0247. The third-order valence-electron chi connectivity index (χ3n) is 5.81. The third-order valence-corrected chi connectivity index (χ3v) is 5.81. The summed E-state index contributed by atoms with van der Waals surface area (Å²) in [7, 11) is 0. The van der Waals surface area contributed by atoms with Crippen LogP contribution in [0.2, 0.25) is 0 Å². The zero-order valence-corrected chi connectivity index (χ0v) is 16.7. The van der Waals surface area contributed by atoms with Crippen LogP contribution < -0.4 is 5.32 Å². The fraction of sp³-hybridized carbons (Fsp3) is 0.636. The van der Waals surface area contributed by atoms with Gasteiger partial charge in [-0.15, -0.1) is 0 Å². The predicted molar refractivity (Wildman–Crippen MR) is 109 cm³/mol. The van der Waals surface area contributed by atoms with Crippen molar-refractivity contribution >= 4 is 17.5 Å². The van der Waals surface area contributed by atoms with Crippen molar-refractivity contribution in [2.24, 2.45) is 5.92 Å². The highest BCUT2D eigenvalue weighted by atomic mass is 16.2. The number of hydrogen-bond donors (Lipinski definition) is 1. The highest BCUT2D eigenvalue weighted by Gasteiger charge is 2.29. The molecular weight excluding hydrogens is 338 g/mol. The fourth-order valence-electron chi connectivity index (χ4n) is 4.09. The molecule has 0 radical (unpaired) electrons. The topological polar surface area (TPSA) is 52.7 Å². The molecule has 2 aliphatic heterocycles. The summed E-state index contributed by atoms with van der Waals surface area (Å²) in [6.45, 7) is 8.20. The van der Waals surface area contributed by atoms with E-state index in [0.29, 0.717) is 18.4 Å². The Balaban J connectivity index is 1.44. The number of nitrogens with zero attached hydrogens (tertiary/aromatic N) is 2. The summed E-state index contributed by atoms with van der Waals surface area (Å²) in [5.41, 5.74) is 2.09. The SMILES string of the molecule is CC(C)c1cccc(NC(=O)CN2CCC(C(=O)N3CCCCC3)CC2)c1. The van der Waals surface area contributed by atoms with E-state index in [1.54, 1.807) is 0 Å². The number of piperidine rings is 2. The molecule has 2 fully saturated rings. The Morgan fingerprint density at radius 3 is 2.44 bits per heavy atom. The van der Waals surface area contributed by atoms with E-state index >= 15 is 0 Å². The van der Waals surface area contributed by atoms with Crippen LogP contribution in [0.15, 0.2) is 24.3 Å². The summed E-state index contributed by atoms with van der Waals surface area (Å²) in [6.07, 6.45) is 5.26. The minimum atomic E-state index is 0.0247. The van der Waals surface area contributed by atoms with Gasteiger partial charge in [-0.05, 0) is 68.8 Å². The summed E-state index contributed by atoms with van der Waals surface area (Å²) < 4.78 is 0. The molecule has 2 heterocycles. The molecule has 0 unspecified atom stereocenters. The van der Waals surface area contributed by atoms with Crippen LogP contribution in [0.5, 0.6) is 0 Å². The van der Waals surface area contributed by atoms with Crippen LogP contribution in [0.4, 0.5) is 5.69 Å². The lowest BCUT2D eigenvalue weighted by atomic mass is 9.94. The van der Waals surface area contributed by atoms with Crippen LogP contribution in [0.3, 0.4) is 0 Å². The zero-order chi connectivity index (χ0) is 19.2. The number of anilines is 1. The van der Waals surface area contributed by atoms with Gasteiger partial charge in [0.2, 0.25) is 11.8 Å². The number of benzene rings is 1. The number of likely N-dealkylation sites (tertiary alicyclic amines) is 2. The molecule has 5 heteroatoms. The van der Waals surface area contributed by atoms with Gasteiger partial charge in [0.05, 0.1) is 6.54 Å². The Morgan fingerprint density at radius 1 is 1.07 bits per heavy atom. The second kappa shape index (κ2) is 9.36. The molecule has 5 nitrogen and oxygen atoms in total. The Kier molecular flexibility index (Phi) is 6.89. The summed E-state index contributed by atoms with van der Waals surface area (Å²) in [4.78, 5) is 29.3. The monoisotopic (exact) mass is 371 g/mol. The molecule has 1 N–H and O–H groups in total. The quantitative estimate of drug-likeness (QED) is 0.862. The summed E-state index contributed by atoms with van der Waals surface area (Å²) in [5.74, 6) is 0.949. The van der Waals surface area contributed by atoms with E-state index in [9.17, 15) is 9.59 Å². The van der Waals surface area contributed by atoms with Crippen LogP contribution in [0.1, 0.15) is 57.4 Å². The van der Waals surface area contributed by atoms with E-state index in [4.69, 9.17) is 0 Å². The van der Waals surface area contributed by atoms with Gasteiger partial charge in [0, 0.05) is 24.7 Å². The summed E-state index contributed by atoms with van der Waals surface area (Å²) in [5, 5.41) is 3.01. The first-order valence-electron chi connectivity index (χ1n) is 10.4. The first-order valence-corrected chi connectivity index (χ1v) is 10.4. The number of nitrogens with one attached hydrogen (secondary N) is 1.